The maximum absolute atomic E-state index is 13.3. The number of benzene rings is 1. The predicted molar refractivity (Wildman–Crippen MR) is 64.8 cm³/mol. The lowest BCUT2D eigenvalue weighted by Crippen LogP contribution is -2.20. The molecular weight excluding hydrogens is 224 g/mol. The van der Waals surface area contributed by atoms with Crippen molar-refractivity contribution < 1.29 is 13.5 Å². The third-order valence-electron chi connectivity index (χ3n) is 2.25. The average Bonchev–Trinajstić information content (AvgIpc) is 2.29. The summed E-state index contributed by atoms with van der Waals surface area (Å²) in [6, 6.07) is 3.43. The molecule has 0 aromatic heterocycles. The second-order valence-electron chi connectivity index (χ2n) is 3.83. The van der Waals surface area contributed by atoms with Crippen LogP contribution >= 0.6 is 0 Å². The smallest absolute Gasteiger partial charge is 0.130 e. The van der Waals surface area contributed by atoms with Crippen molar-refractivity contribution in [1.29, 1.82) is 0 Å². The first-order chi connectivity index (χ1) is 8.13. The van der Waals surface area contributed by atoms with Crippen molar-refractivity contribution in [2.45, 2.75) is 6.92 Å². The summed E-state index contributed by atoms with van der Waals surface area (Å²) in [5.41, 5.74) is 1.21. The van der Waals surface area contributed by atoms with Crippen LogP contribution in [0.25, 0.3) is 6.08 Å². The first-order valence-corrected chi connectivity index (χ1v) is 5.45. The van der Waals surface area contributed by atoms with Crippen LogP contribution in [0.3, 0.4) is 0 Å². The molecule has 0 saturated carbocycles. The molecule has 1 rings (SSSR count). The molecule has 94 valence electrons. The standard InChI is InChI=1S/C13H17F2NO/c1-10(9-16-5-6-17-2)7-11-8-12(14)3-4-13(11)15/h3-4,7-8,16H,5-6,9H2,1-2H3. The number of ether oxygens (including phenoxy) is 1. The Kier molecular flexibility index (Phi) is 5.80. The van der Waals surface area contributed by atoms with Crippen LogP contribution in [-0.2, 0) is 4.74 Å². The van der Waals surface area contributed by atoms with Gasteiger partial charge in [0.2, 0.25) is 0 Å². The van der Waals surface area contributed by atoms with Crippen molar-refractivity contribution in [3.63, 3.8) is 0 Å². The van der Waals surface area contributed by atoms with E-state index in [0.717, 1.165) is 24.3 Å². The predicted octanol–water partition coefficient (Wildman–Crippen LogP) is 2.60. The van der Waals surface area contributed by atoms with Gasteiger partial charge in [-0.2, -0.15) is 0 Å². The minimum absolute atomic E-state index is 0.274. The molecule has 17 heavy (non-hydrogen) atoms. The van der Waals surface area contributed by atoms with Crippen LogP contribution in [-0.4, -0.2) is 26.8 Å². The molecule has 0 saturated heterocycles. The zero-order valence-electron chi connectivity index (χ0n) is 10.1. The molecule has 1 aromatic carbocycles. The molecule has 0 fully saturated rings. The van der Waals surface area contributed by atoms with E-state index in [9.17, 15) is 8.78 Å². The van der Waals surface area contributed by atoms with Crippen LogP contribution in [0.4, 0.5) is 8.78 Å². The van der Waals surface area contributed by atoms with Crippen molar-refractivity contribution in [2.24, 2.45) is 0 Å². The monoisotopic (exact) mass is 241 g/mol. The van der Waals surface area contributed by atoms with E-state index in [0.29, 0.717) is 13.2 Å². The van der Waals surface area contributed by atoms with Gasteiger partial charge in [0.05, 0.1) is 6.61 Å². The van der Waals surface area contributed by atoms with Gasteiger partial charge in [-0.25, -0.2) is 8.78 Å². The second kappa shape index (κ2) is 7.14. The molecule has 0 heterocycles. The molecule has 0 radical (unpaired) electrons. The molecule has 0 bridgehead atoms. The van der Waals surface area contributed by atoms with Crippen LogP contribution in [0.15, 0.2) is 23.8 Å². The number of rotatable bonds is 6. The number of halogens is 2. The molecule has 1 aromatic rings. The first kappa shape index (κ1) is 13.8. The lowest BCUT2D eigenvalue weighted by Gasteiger charge is -2.05. The van der Waals surface area contributed by atoms with Gasteiger partial charge in [-0.05, 0) is 25.1 Å². The van der Waals surface area contributed by atoms with Gasteiger partial charge in [0.15, 0.2) is 0 Å². The molecule has 0 aliphatic heterocycles. The Morgan fingerprint density at radius 1 is 1.41 bits per heavy atom. The van der Waals surface area contributed by atoms with Crippen molar-refractivity contribution in [3.8, 4) is 0 Å². The van der Waals surface area contributed by atoms with Gasteiger partial charge in [0.1, 0.15) is 11.6 Å². The summed E-state index contributed by atoms with van der Waals surface area (Å²) >= 11 is 0. The van der Waals surface area contributed by atoms with E-state index in [4.69, 9.17) is 4.74 Å². The van der Waals surface area contributed by atoms with Gasteiger partial charge in [0, 0.05) is 25.8 Å². The highest BCUT2D eigenvalue weighted by Gasteiger charge is 2.01. The number of methoxy groups -OCH3 is 1. The van der Waals surface area contributed by atoms with E-state index < -0.39 is 11.6 Å². The Bertz CT molecular complexity index is 391. The van der Waals surface area contributed by atoms with Gasteiger partial charge in [-0.3, -0.25) is 0 Å². The summed E-state index contributed by atoms with van der Waals surface area (Å²) in [6.45, 7) is 3.85. The highest BCUT2D eigenvalue weighted by molar-refractivity contribution is 5.53. The fourth-order valence-electron chi connectivity index (χ4n) is 1.40. The Balaban J connectivity index is 2.57. The van der Waals surface area contributed by atoms with E-state index in [1.807, 2.05) is 6.92 Å². The largest absolute Gasteiger partial charge is 0.383 e. The van der Waals surface area contributed by atoms with E-state index in [1.165, 1.54) is 6.07 Å². The van der Waals surface area contributed by atoms with Crippen molar-refractivity contribution in [2.75, 3.05) is 26.8 Å². The zero-order valence-corrected chi connectivity index (χ0v) is 10.1. The number of hydrogen-bond acceptors (Lipinski definition) is 2. The Morgan fingerprint density at radius 2 is 2.18 bits per heavy atom. The molecule has 0 aliphatic rings. The lowest BCUT2D eigenvalue weighted by molar-refractivity contribution is 0.200. The maximum atomic E-state index is 13.3. The molecule has 0 unspecified atom stereocenters. The molecule has 2 nitrogen and oxygen atoms in total. The first-order valence-electron chi connectivity index (χ1n) is 5.45. The van der Waals surface area contributed by atoms with Crippen LogP contribution in [0.1, 0.15) is 12.5 Å². The summed E-state index contributed by atoms with van der Waals surface area (Å²) < 4.78 is 31.1. The molecule has 0 aliphatic carbocycles. The summed E-state index contributed by atoms with van der Waals surface area (Å²) in [6.07, 6.45) is 1.64. The molecule has 4 heteroatoms. The highest BCUT2D eigenvalue weighted by Crippen LogP contribution is 2.13. The molecule has 0 spiro atoms. The summed E-state index contributed by atoms with van der Waals surface area (Å²) in [4.78, 5) is 0. The van der Waals surface area contributed by atoms with E-state index in [1.54, 1.807) is 13.2 Å². The molecule has 0 amide bonds. The summed E-state index contributed by atoms with van der Waals surface area (Å²) in [5, 5.41) is 3.13. The fourth-order valence-corrected chi connectivity index (χ4v) is 1.40. The van der Waals surface area contributed by atoms with Gasteiger partial charge >= 0.3 is 0 Å². The van der Waals surface area contributed by atoms with E-state index >= 15 is 0 Å². The van der Waals surface area contributed by atoms with Crippen LogP contribution < -0.4 is 5.32 Å². The van der Waals surface area contributed by atoms with Crippen molar-refractivity contribution >= 4 is 6.08 Å². The van der Waals surface area contributed by atoms with Crippen molar-refractivity contribution in [3.05, 3.63) is 41.0 Å². The normalized spacial score (nSPS) is 11.9. The Hall–Kier alpha value is -1.26. The minimum Gasteiger partial charge on any atom is -0.383 e. The number of hydrogen-bond donors (Lipinski definition) is 1. The third-order valence-corrected chi connectivity index (χ3v) is 2.25. The number of nitrogens with one attached hydrogen (secondary N) is 1. The minimum atomic E-state index is -0.433. The van der Waals surface area contributed by atoms with Crippen molar-refractivity contribution in [1.82, 2.24) is 5.32 Å². The van der Waals surface area contributed by atoms with E-state index in [-0.39, 0.29) is 5.56 Å². The zero-order chi connectivity index (χ0) is 12.7. The Morgan fingerprint density at radius 3 is 2.88 bits per heavy atom. The molecular formula is C13H17F2NO. The highest BCUT2D eigenvalue weighted by atomic mass is 19.1. The van der Waals surface area contributed by atoms with Gasteiger partial charge in [-0.15, -0.1) is 0 Å². The topological polar surface area (TPSA) is 21.3 Å². The van der Waals surface area contributed by atoms with Gasteiger partial charge < -0.3 is 10.1 Å². The molecule has 0 atom stereocenters. The molecule has 1 N–H and O–H groups in total. The lowest BCUT2D eigenvalue weighted by atomic mass is 10.1. The quantitative estimate of drug-likeness (QED) is 0.773. The second-order valence-corrected chi connectivity index (χ2v) is 3.83. The Labute approximate surface area is 100 Å². The van der Waals surface area contributed by atoms with Crippen LogP contribution in [0.5, 0.6) is 0 Å². The average molecular weight is 241 g/mol. The third kappa shape index (κ3) is 5.06. The van der Waals surface area contributed by atoms with Gasteiger partial charge in [0.25, 0.3) is 0 Å². The fraction of sp³-hybridized carbons (Fsp3) is 0.385. The summed E-state index contributed by atoms with van der Waals surface area (Å²) in [5.74, 6) is -0.847. The van der Waals surface area contributed by atoms with Gasteiger partial charge in [-0.1, -0.05) is 11.6 Å². The van der Waals surface area contributed by atoms with Crippen LogP contribution in [0, 0.1) is 11.6 Å². The maximum Gasteiger partial charge on any atom is 0.130 e. The van der Waals surface area contributed by atoms with E-state index in [2.05, 4.69) is 5.32 Å². The SMILES string of the molecule is COCCNCC(C)=Cc1cc(F)ccc1F. The summed E-state index contributed by atoms with van der Waals surface area (Å²) in [7, 11) is 1.63. The van der Waals surface area contributed by atoms with Crippen LogP contribution in [0.2, 0.25) is 0 Å².